The lowest BCUT2D eigenvalue weighted by molar-refractivity contribution is -0.118. The van der Waals surface area contributed by atoms with Crippen molar-refractivity contribution in [3.8, 4) is 5.75 Å². The average Bonchev–Trinajstić information content (AvgIpc) is 2.73. The van der Waals surface area contributed by atoms with Crippen LogP contribution in [0.15, 0.2) is 72.8 Å². The molecule has 0 aliphatic rings. The number of carbonyl (C=O) groups excluding carboxylic acids is 3. The average molecular weight is 409 g/mol. The standard InChI is InChI=1S/C22H17ClN2O4/c23-17-7-1-14(2-8-17)21(27)15-5-11-19(12-6-15)29-13-20(26)25-18-9-3-16(4-10-18)22(24)28/h1-12H,13H2,(H2,24,28)(H,25,26). The zero-order chi connectivity index (χ0) is 20.8. The predicted octanol–water partition coefficient (Wildman–Crippen LogP) is 3.69. The number of nitrogens with two attached hydrogens (primary N) is 1. The van der Waals surface area contributed by atoms with Crippen LogP contribution in [-0.2, 0) is 4.79 Å². The van der Waals surface area contributed by atoms with Gasteiger partial charge in [-0.3, -0.25) is 14.4 Å². The summed E-state index contributed by atoms with van der Waals surface area (Å²) in [4.78, 5) is 35.5. The molecule has 0 aliphatic carbocycles. The molecule has 146 valence electrons. The Morgan fingerprint density at radius 3 is 1.86 bits per heavy atom. The van der Waals surface area contributed by atoms with Gasteiger partial charge in [0, 0.05) is 27.4 Å². The van der Waals surface area contributed by atoms with Gasteiger partial charge >= 0.3 is 0 Å². The highest BCUT2D eigenvalue weighted by Gasteiger charge is 2.10. The molecule has 0 unspecified atom stereocenters. The SMILES string of the molecule is NC(=O)c1ccc(NC(=O)COc2ccc(C(=O)c3ccc(Cl)cc3)cc2)cc1. The molecule has 0 radical (unpaired) electrons. The van der Waals surface area contributed by atoms with Gasteiger partial charge < -0.3 is 15.8 Å². The third kappa shape index (κ3) is 5.43. The van der Waals surface area contributed by atoms with Crippen LogP contribution in [0.5, 0.6) is 5.75 Å². The summed E-state index contributed by atoms with van der Waals surface area (Å²) in [5.41, 5.74) is 7.08. The summed E-state index contributed by atoms with van der Waals surface area (Å²) in [6.45, 7) is -0.206. The molecule has 2 amide bonds. The second kappa shape index (κ2) is 9.03. The summed E-state index contributed by atoms with van der Waals surface area (Å²) in [5.74, 6) is -0.579. The number of anilines is 1. The molecule has 0 saturated heterocycles. The van der Waals surface area contributed by atoms with Gasteiger partial charge in [-0.1, -0.05) is 11.6 Å². The van der Waals surface area contributed by atoms with Crippen molar-refractivity contribution in [2.24, 2.45) is 5.73 Å². The fraction of sp³-hybridized carbons (Fsp3) is 0.0455. The molecule has 3 rings (SSSR count). The smallest absolute Gasteiger partial charge is 0.262 e. The summed E-state index contributed by atoms with van der Waals surface area (Å²) in [6, 6.07) is 19.4. The van der Waals surface area contributed by atoms with Crippen LogP contribution in [0.2, 0.25) is 5.02 Å². The number of rotatable bonds is 7. The molecule has 0 heterocycles. The molecular weight excluding hydrogens is 392 g/mol. The maximum Gasteiger partial charge on any atom is 0.262 e. The van der Waals surface area contributed by atoms with E-state index in [4.69, 9.17) is 22.1 Å². The first-order valence-corrected chi connectivity index (χ1v) is 9.03. The molecule has 0 aromatic heterocycles. The lowest BCUT2D eigenvalue weighted by Gasteiger charge is -2.08. The third-order valence-corrected chi connectivity index (χ3v) is 4.30. The minimum atomic E-state index is -0.538. The van der Waals surface area contributed by atoms with E-state index in [1.807, 2.05) is 0 Å². The number of primary amides is 1. The van der Waals surface area contributed by atoms with Crippen LogP contribution in [0.1, 0.15) is 26.3 Å². The summed E-state index contributed by atoms with van der Waals surface area (Å²) in [7, 11) is 0. The van der Waals surface area contributed by atoms with Crippen LogP contribution in [0.3, 0.4) is 0 Å². The van der Waals surface area contributed by atoms with Crippen LogP contribution in [0, 0.1) is 0 Å². The van der Waals surface area contributed by atoms with Crippen molar-refractivity contribution in [1.29, 1.82) is 0 Å². The number of hydrogen-bond donors (Lipinski definition) is 2. The molecule has 29 heavy (non-hydrogen) atoms. The molecule has 3 N–H and O–H groups in total. The topological polar surface area (TPSA) is 98.5 Å². The van der Waals surface area contributed by atoms with E-state index in [0.717, 1.165) is 0 Å². The van der Waals surface area contributed by atoms with E-state index in [0.29, 0.717) is 33.1 Å². The van der Waals surface area contributed by atoms with E-state index in [1.165, 1.54) is 12.1 Å². The van der Waals surface area contributed by atoms with Crippen molar-refractivity contribution in [3.63, 3.8) is 0 Å². The van der Waals surface area contributed by atoms with E-state index < -0.39 is 5.91 Å². The number of carbonyl (C=O) groups is 3. The molecule has 0 saturated carbocycles. The Morgan fingerprint density at radius 1 is 0.793 bits per heavy atom. The van der Waals surface area contributed by atoms with E-state index in [-0.39, 0.29) is 18.3 Å². The van der Waals surface area contributed by atoms with Crippen LogP contribution in [-0.4, -0.2) is 24.2 Å². The Balaban J connectivity index is 1.54. The number of benzene rings is 3. The van der Waals surface area contributed by atoms with Crippen LogP contribution >= 0.6 is 11.6 Å². The van der Waals surface area contributed by atoms with Crippen LogP contribution in [0.25, 0.3) is 0 Å². The molecule has 0 spiro atoms. The quantitative estimate of drug-likeness (QED) is 0.582. The Morgan fingerprint density at radius 2 is 1.31 bits per heavy atom. The fourth-order valence-corrected chi connectivity index (χ4v) is 2.66. The number of hydrogen-bond acceptors (Lipinski definition) is 4. The maximum absolute atomic E-state index is 12.4. The Labute approximate surface area is 172 Å². The van der Waals surface area contributed by atoms with Crippen molar-refractivity contribution in [1.82, 2.24) is 0 Å². The third-order valence-electron chi connectivity index (χ3n) is 4.05. The summed E-state index contributed by atoms with van der Waals surface area (Å²) < 4.78 is 5.44. The molecule has 3 aromatic carbocycles. The number of halogens is 1. The van der Waals surface area contributed by atoms with E-state index in [2.05, 4.69) is 5.32 Å². The van der Waals surface area contributed by atoms with Gasteiger partial charge in [0.05, 0.1) is 0 Å². The lowest BCUT2D eigenvalue weighted by Crippen LogP contribution is -2.20. The van der Waals surface area contributed by atoms with Gasteiger partial charge in [-0.2, -0.15) is 0 Å². The highest BCUT2D eigenvalue weighted by molar-refractivity contribution is 6.30. The minimum Gasteiger partial charge on any atom is -0.484 e. The predicted molar refractivity (Wildman–Crippen MR) is 110 cm³/mol. The first-order chi connectivity index (χ1) is 13.9. The van der Waals surface area contributed by atoms with E-state index in [9.17, 15) is 14.4 Å². The van der Waals surface area contributed by atoms with Crippen molar-refractivity contribution in [2.75, 3.05) is 11.9 Å². The molecule has 0 atom stereocenters. The molecule has 6 nitrogen and oxygen atoms in total. The molecule has 0 bridgehead atoms. The van der Waals surface area contributed by atoms with Crippen LogP contribution < -0.4 is 15.8 Å². The molecule has 0 fully saturated rings. The highest BCUT2D eigenvalue weighted by Crippen LogP contribution is 2.17. The molecular formula is C22H17ClN2O4. The van der Waals surface area contributed by atoms with Gasteiger partial charge in [0.25, 0.3) is 5.91 Å². The number of nitrogens with one attached hydrogen (secondary N) is 1. The number of ether oxygens (including phenoxy) is 1. The van der Waals surface area contributed by atoms with E-state index >= 15 is 0 Å². The van der Waals surface area contributed by atoms with Gasteiger partial charge in [0.2, 0.25) is 5.91 Å². The summed E-state index contributed by atoms with van der Waals surface area (Å²) >= 11 is 5.83. The van der Waals surface area contributed by atoms with Gasteiger partial charge in [0.1, 0.15) is 5.75 Å². The lowest BCUT2D eigenvalue weighted by atomic mass is 10.0. The summed E-state index contributed by atoms with van der Waals surface area (Å²) in [6.07, 6.45) is 0. The Bertz CT molecular complexity index is 1030. The van der Waals surface area contributed by atoms with Crippen molar-refractivity contribution in [2.45, 2.75) is 0 Å². The van der Waals surface area contributed by atoms with Crippen molar-refractivity contribution < 1.29 is 19.1 Å². The second-order valence-corrected chi connectivity index (χ2v) is 6.58. The number of ketones is 1. The van der Waals surface area contributed by atoms with Crippen molar-refractivity contribution in [3.05, 3.63) is 94.5 Å². The molecule has 7 heteroatoms. The Kier molecular flexibility index (Phi) is 6.26. The zero-order valence-electron chi connectivity index (χ0n) is 15.2. The van der Waals surface area contributed by atoms with Gasteiger partial charge in [-0.25, -0.2) is 0 Å². The van der Waals surface area contributed by atoms with Gasteiger partial charge in [-0.15, -0.1) is 0 Å². The zero-order valence-corrected chi connectivity index (χ0v) is 16.0. The Hall–Kier alpha value is -3.64. The normalized spacial score (nSPS) is 10.2. The highest BCUT2D eigenvalue weighted by atomic mass is 35.5. The maximum atomic E-state index is 12.4. The monoisotopic (exact) mass is 408 g/mol. The first-order valence-electron chi connectivity index (χ1n) is 8.65. The largest absolute Gasteiger partial charge is 0.484 e. The van der Waals surface area contributed by atoms with Crippen molar-refractivity contribution >= 4 is 34.9 Å². The minimum absolute atomic E-state index is 0.134. The first kappa shape index (κ1) is 20.1. The molecule has 3 aromatic rings. The fourth-order valence-electron chi connectivity index (χ4n) is 2.53. The number of amides is 2. The second-order valence-electron chi connectivity index (χ2n) is 6.14. The van der Waals surface area contributed by atoms with Gasteiger partial charge in [0.15, 0.2) is 12.4 Å². The van der Waals surface area contributed by atoms with Gasteiger partial charge in [-0.05, 0) is 72.8 Å². The molecule has 0 aliphatic heterocycles. The summed E-state index contributed by atoms with van der Waals surface area (Å²) in [5, 5.41) is 3.22. The van der Waals surface area contributed by atoms with E-state index in [1.54, 1.807) is 60.7 Å². The van der Waals surface area contributed by atoms with Crippen LogP contribution in [0.4, 0.5) is 5.69 Å².